The van der Waals surface area contributed by atoms with Gasteiger partial charge in [0.1, 0.15) is 0 Å². The summed E-state index contributed by atoms with van der Waals surface area (Å²) in [6.07, 6.45) is 8.86. The van der Waals surface area contributed by atoms with E-state index in [9.17, 15) is 0 Å². The van der Waals surface area contributed by atoms with E-state index in [1.165, 1.54) is 45.1 Å². The average Bonchev–Trinajstić information content (AvgIpc) is 2.59. The van der Waals surface area contributed by atoms with Crippen molar-refractivity contribution in [3.05, 3.63) is 0 Å². The van der Waals surface area contributed by atoms with Crippen LogP contribution in [0.1, 0.15) is 73.1 Å². The van der Waals surface area contributed by atoms with Crippen molar-refractivity contribution >= 4 is 0 Å². The van der Waals surface area contributed by atoms with Gasteiger partial charge in [0, 0.05) is 18.1 Å². The van der Waals surface area contributed by atoms with Crippen LogP contribution in [0.2, 0.25) is 0 Å². The van der Waals surface area contributed by atoms with Gasteiger partial charge in [-0.25, -0.2) is 0 Å². The topological polar surface area (TPSA) is 3.24 Å². The van der Waals surface area contributed by atoms with Gasteiger partial charge in [-0.2, -0.15) is 0 Å². The van der Waals surface area contributed by atoms with E-state index >= 15 is 0 Å². The van der Waals surface area contributed by atoms with Gasteiger partial charge in [0.2, 0.25) is 0 Å². The first-order valence-corrected chi connectivity index (χ1v) is 7.61. The van der Waals surface area contributed by atoms with E-state index in [4.69, 9.17) is 0 Å². The number of hydrogen-bond acceptors (Lipinski definition) is 1. The Balaban J connectivity index is 2.16. The Hall–Kier alpha value is -0.0400. The van der Waals surface area contributed by atoms with E-state index in [0.717, 1.165) is 12.0 Å². The third-order valence-corrected chi connectivity index (χ3v) is 5.09. The molecular formula is C16H31N. The maximum absolute atomic E-state index is 2.81. The van der Waals surface area contributed by atoms with E-state index in [0.29, 0.717) is 11.0 Å². The summed E-state index contributed by atoms with van der Waals surface area (Å²) in [5.74, 6) is 0.801. The Morgan fingerprint density at radius 3 is 2.06 bits per heavy atom. The summed E-state index contributed by atoms with van der Waals surface area (Å²) in [6, 6.07) is 0.813. The average molecular weight is 237 g/mol. The molecule has 1 saturated heterocycles. The van der Waals surface area contributed by atoms with Crippen molar-refractivity contribution in [3.8, 4) is 0 Å². The van der Waals surface area contributed by atoms with E-state index in [1.54, 1.807) is 0 Å². The molecule has 0 N–H and O–H groups in total. The molecule has 0 amide bonds. The van der Waals surface area contributed by atoms with E-state index < -0.39 is 0 Å². The van der Waals surface area contributed by atoms with Crippen LogP contribution >= 0.6 is 0 Å². The highest BCUT2D eigenvalue weighted by atomic mass is 15.2. The Kier molecular flexibility index (Phi) is 3.60. The van der Waals surface area contributed by atoms with Crippen LogP contribution in [-0.4, -0.2) is 23.0 Å². The second-order valence-electron chi connectivity index (χ2n) is 7.87. The van der Waals surface area contributed by atoms with E-state index in [-0.39, 0.29) is 0 Å². The number of rotatable bonds is 1. The second kappa shape index (κ2) is 4.57. The Morgan fingerprint density at radius 2 is 1.65 bits per heavy atom. The van der Waals surface area contributed by atoms with Gasteiger partial charge in [-0.1, -0.05) is 33.1 Å². The summed E-state index contributed by atoms with van der Waals surface area (Å²) in [5, 5.41) is 0. The van der Waals surface area contributed by atoms with Gasteiger partial charge < -0.3 is 0 Å². The highest BCUT2D eigenvalue weighted by Crippen LogP contribution is 2.49. The van der Waals surface area contributed by atoms with E-state index in [2.05, 4.69) is 39.5 Å². The quantitative estimate of drug-likeness (QED) is 0.650. The molecule has 0 aromatic rings. The van der Waals surface area contributed by atoms with Crippen molar-refractivity contribution in [2.24, 2.45) is 11.3 Å². The van der Waals surface area contributed by atoms with Crippen molar-refractivity contribution in [3.63, 3.8) is 0 Å². The molecule has 100 valence electrons. The largest absolute Gasteiger partial charge is 0.295 e. The summed E-state index contributed by atoms with van der Waals surface area (Å²) >= 11 is 0. The van der Waals surface area contributed by atoms with Crippen LogP contribution in [0, 0.1) is 11.3 Å². The molecular weight excluding hydrogens is 206 g/mol. The predicted molar refractivity (Wildman–Crippen MR) is 75.2 cm³/mol. The van der Waals surface area contributed by atoms with Gasteiger partial charge in [-0.15, -0.1) is 0 Å². The molecule has 0 aromatic carbocycles. The van der Waals surface area contributed by atoms with Gasteiger partial charge >= 0.3 is 0 Å². The minimum absolute atomic E-state index is 0.343. The van der Waals surface area contributed by atoms with Crippen LogP contribution in [0.4, 0.5) is 0 Å². The molecule has 2 aliphatic rings. The van der Waals surface area contributed by atoms with Gasteiger partial charge in [0.05, 0.1) is 0 Å². The minimum atomic E-state index is 0.343. The second-order valence-corrected chi connectivity index (χ2v) is 7.87. The molecule has 1 heterocycles. The fourth-order valence-corrected chi connectivity index (χ4v) is 4.09. The number of nitrogens with zero attached hydrogens (tertiary/aromatic N) is 1. The smallest absolute Gasteiger partial charge is 0.0129 e. The maximum atomic E-state index is 2.81. The Morgan fingerprint density at radius 1 is 1.06 bits per heavy atom. The van der Waals surface area contributed by atoms with Crippen LogP contribution in [0.3, 0.4) is 0 Å². The van der Waals surface area contributed by atoms with Crippen molar-refractivity contribution < 1.29 is 0 Å². The van der Waals surface area contributed by atoms with Crippen LogP contribution in [0.15, 0.2) is 0 Å². The minimum Gasteiger partial charge on any atom is -0.295 e. The first-order valence-electron chi connectivity index (χ1n) is 7.61. The lowest BCUT2D eigenvalue weighted by molar-refractivity contribution is 0.0844. The zero-order chi connectivity index (χ0) is 12.7. The van der Waals surface area contributed by atoms with Crippen LogP contribution in [-0.2, 0) is 0 Å². The molecule has 1 spiro atoms. The molecule has 1 nitrogen and oxygen atoms in total. The lowest BCUT2D eigenvalue weighted by Gasteiger charge is -2.39. The van der Waals surface area contributed by atoms with Gasteiger partial charge in [0.25, 0.3) is 0 Å². The molecule has 1 atom stereocenters. The Bertz CT molecular complexity index is 255. The zero-order valence-corrected chi connectivity index (χ0v) is 12.6. The van der Waals surface area contributed by atoms with Gasteiger partial charge in [0.15, 0.2) is 0 Å². The number of likely N-dealkylation sites (tertiary alicyclic amines) is 1. The SMILES string of the molecule is CC(C)C1CC2(CCCCC2)CN1C(C)(C)C. The zero-order valence-electron chi connectivity index (χ0n) is 12.6. The molecule has 1 saturated carbocycles. The summed E-state index contributed by atoms with van der Waals surface area (Å²) in [7, 11) is 0. The third kappa shape index (κ3) is 2.70. The molecule has 0 bridgehead atoms. The standard InChI is InChI=1S/C16H31N/c1-13(2)14-11-16(9-7-6-8-10-16)12-17(14)15(3,4)5/h13-14H,6-12H2,1-5H3. The van der Waals surface area contributed by atoms with E-state index in [1.807, 2.05) is 0 Å². The molecule has 2 fully saturated rings. The summed E-state index contributed by atoms with van der Waals surface area (Å²) in [5.41, 5.74) is 1.02. The fourth-order valence-electron chi connectivity index (χ4n) is 4.09. The lowest BCUT2D eigenvalue weighted by Crippen LogP contribution is -2.47. The molecule has 2 rings (SSSR count). The van der Waals surface area contributed by atoms with Crippen molar-refractivity contribution in [2.45, 2.75) is 84.7 Å². The summed E-state index contributed by atoms with van der Waals surface area (Å²) in [4.78, 5) is 2.81. The summed E-state index contributed by atoms with van der Waals surface area (Å²) < 4.78 is 0. The molecule has 1 aliphatic carbocycles. The fraction of sp³-hybridized carbons (Fsp3) is 1.00. The first-order chi connectivity index (χ1) is 7.84. The van der Waals surface area contributed by atoms with Gasteiger partial charge in [-0.05, 0) is 51.4 Å². The van der Waals surface area contributed by atoms with Crippen LogP contribution in [0.5, 0.6) is 0 Å². The lowest BCUT2D eigenvalue weighted by atomic mass is 9.72. The molecule has 0 aromatic heterocycles. The molecule has 1 heteroatoms. The molecule has 1 aliphatic heterocycles. The van der Waals surface area contributed by atoms with Crippen molar-refractivity contribution in [1.82, 2.24) is 4.90 Å². The predicted octanol–water partition coefficient (Wildman–Crippen LogP) is 4.47. The molecule has 1 unspecified atom stereocenters. The van der Waals surface area contributed by atoms with Crippen molar-refractivity contribution in [1.29, 1.82) is 0 Å². The van der Waals surface area contributed by atoms with Crippen LogP contribution < -0.4 is 0 Å². The van der Waals surface area contributed by atoms with Crippen LogP contribution in [0.25, 0.3) is 0 Å². The normalized spacial score (nSPS) is 30.4. The first kappa shape index (κ1) is 13.4. The van der Waals surface area contributed by atoms with Crippen molar-refractivity contribution in [2.75, 3.05) is 6.54 Å². The van der Waals surface area contributed by atoms with Gasteiger partial charge in [-0.3, -0.25) is 4.90 Å². The molecule has 0 radical (unpaired) electrons. The third-order valence-electron chi connectivity index (χ3n) is 5.09. The molecule has 17 heavy (non-hydrogen) atoms. The number of hydrogen-bond donors (Lipinski definition) is 0. The Labute approximate surface area is 108 Å². The monoisotopic (exact) mass is 237 g/mol. The maximum Gasteiger partial charge on any atom is 0.0129 e. The summed E-state index contributed by atoms with van der Waals surface area (Å²) in [6.45, 7) is 13.4. The highest BCUT2D eigenvalue weighted by Gasteiger charge is 2.47. The highest BCUT2D eigenvalue weighted by molar-refractivity contribution is 5.01.